The lowest BCUT2D eigenvalue weighted by Crippen LogP contribution is -2.09. The fourth-order valence-corrected chi connectivity index (χ4v) is 6.56. The number of unbranched alkanes of at least 4 members (excludes halogenated alkanes) is 7. The van der Waals surface area contributed by atoms with Gasteiger partial charge in [0.25, 0.3) is 0 Å². The number of aliphatic hydroxyl groups is 1. The van der Waals surface area contributed by atoms with Crippen LogP contribution in [0.2, 0.25) is 0 Å². The molecule has 0 amide bonds. The zero-order valence-corrected chi connectivity index (χ0v) is 24.0. The van der Waals surface area contributed by atoms with Crippen LogP contribution < -0.4 is 0 Å². The minimum absolute atomic E-state index is 0.233. The number of ketones is 1. The molecule has 1 N–H and O–H groups in total. The van der Waals surface area contributed by atoms with Gasteiger partial charge in [-0.1, -0.05) is 106 Å². The predicted octanol–water partition coefficient (Wildman–Crippen LogP) is 9.71. The maximum Gasteiger partial charge on any atom is 0.143 e. The Morgan fingerprint density at radius 2 is 1.11 bits per heavy atom. The van der Waals surface area contributed by atoms with Gasteiger partial charge in [-0.2, -0.15) is 0 Å². The van der Waals surface area contributed by atoms with E-state index in [2.05, 4.69) is 84.9 Å². The summed E-state index contributed by atoms with van der Waals surface area (Å²) in [6.07, 6.45) is 10.8. The Labute approximate surface area is 236 Å². The van der Waals surface area contributed by atoms with Crippen LogP contribution in [0.4, 0.5) is 0 Å². The zero-order valence-electron chi connectivity index (χ0n) is 22.3. The number of hydrogen-bond acceptors (Lipinski definition) is 4. The first kappa shape index (κ1) is 28.7. The van der Waals surface area contributed by atoms with E-state index in [1.54, 1.807) is 23.5 Å². The first-order valence-electron chi connectivity index (χ1n) is 14.1. The van der Waals surface area contributed by atoms with Crippen LogP contribution in [0.5, 0.6) is 0 Å². The number of thioether (sulfide) groups is 2. The normalized spacial score (nSPS) is 12.2. The van der Waals surface area contributed by atoms with Crippen LogP contribution in [0.1, 0.15) is 64.2 Å². The monoisotopic (exact) mass is 544 g/mol. The van der Waals surface area contributed by atoms with Gasteiger partial charge < -0.3 is 5.11 Å². The van der Waals surface area contributed by atoms with Crippen LogP contribution in [-0.2, 0) is 4.79 Å². The van der Waals surface area contributed by atoms with Gasteiger partial charge in [0, 0.05) is 22.0 Å². The Morgan fingerprint density at radius 3 is 1.71 bits per heavy atom. The van der Waals surface area contributed by atoms with Crippen molar-refractivity contribution in [1.82, 2.24) is 0 Å². The highest BCUT2D eigenvalue weighted by atomic mass is 32.2. The van der Waals surface area contributed by atoms with Crippen LogP contribution >= 0.6 is 23.5 Å². The smallest absolute Gasteiger partial charge is 0.143 e. The highest BCUT2D eigenvalue weighted by Gasteiger charge is 2.07. The standard InChI is InChI=1S/C34H40O2S2/c35-31(25-37-33-21-19-27-13-9-11-15-29(27)23-33)17-7-5-3-1-2-4-6-8-18-32(36)26-38-34-22-20-28-14-10-12-16-30(28)24-34/h9-16,19-24,31,35H,1-8,17-18,25-26H2/t31-/m1/s1. The number of hydrogen-bond donors (Lipinski definition) is 1. The molecule has 4 heteroatoms. The fraction of sp³-hybridized carbons (Fsp3) is 0.382. The van der Waals surface area contributed by atoms with Crippen LogP contribution in [0.15, 0.2) is 94.7 Å². The molecular weight excluding hydrogens is 505 g/mol. The predicted molar refractivity (Wildman–Crippen MR) is 167 cm³/mol. The number of carbonyl (C=O) groups is 1. The number of aliphatic hydroxyl groups excluding tert-OH is 1. The minimum Gasteiger partial charge on any atom is -0.392 e. The molecule has 0 heterocycles. The summed E-state index contributed by atoms with van der Waals surface area (Å²) in [5, 5.41) is 15.4. The van der Waals surface area contributed by atoms with Crippen LogP contribution in [0, 0.1) is 0 Å². The lowest BCUT2D eigenvalue weighted by atomic mass is 10.0. The van der Waals surface area contributed by atoms with Crippen molar-refractivity contribution in [3.63, 3.8) is 0 Å². The van der Waals surface area contributed by atoms with Gasteiger partial charge in [-0.15, -0.1) is 23.5 Å². The summed E-state index contributed by atoms with van der Waals surface area (Å²) < 4.78 is 0. The third kappa shape index (κ3) is 9.80. The quantitative estimate of drug-likeness (QED) is 0.106. The molecule has 0 aliphatic carbocycles. The van der Waals surface area contributed by atoms with E-state index in [0.29, 0.717) is 18.0 Å². The molecule has 0 aromatic heterocycles. The molecule has 0 aliphatic heterocycles. The van der Waals surface area contributed by atoms with Gasteiger partial charge in [-0.05, 0) is 58.7 Å². The second-order valence-electron chi connectivity index (χ2n) is 10.2. The van der Waals surface area contributed by atoms with Crippen molar-refractivity contribution in [3.8, 4) is 0 Å². The lowest BCUT2D eigenvalue weighted by Gasteiger charge is -2.10. The molecule has 2 nitrogen and oxygen atoms in total. The number of rotatable bonds is 17. The molecule has 0 saturated carbocycles. The first-order valence-corrected chi connectivity index (χ1v) is 16.1. The Hall–Kier alpha value is -2.27. The molecule has 1 atom stereocenters. The summed E-state index contributed by atoms with van der Waals surface area (Å²) in [7, 11) is 0. The molecule has 200 valence electrons. The van der Waals surface area contributed by atoms with Crippen LogP contribution in [0.3, 0.4) is 0 Å². The van der Waals surface area contributed by atoms with E-state index < -0.39 is 0 Å². The van der Waals surface area contributed by atoms with Crippen molar-refractivity contribution in [2.75, 3.05) is 11.5 Å². The highest BCUT2D eigenvalue weighted by molar-refractivity contribution is 8.00. The van der Waals surface area contributed by atoms with Crippen molar-refractivity contribution in [1.29, 1.82) is 0 Å². The average Bonchev–Trinajstić information content (AvgIpc) is 2.95. The number of carbonyl (C=O) groups excluding carboxylic acids is 1. The van der Waals surface area contributed by atoms with Crippen LogP contribution in [-0.4, -0.2) is 28.5 Å². The molecule has 4 aromatic rings. The Bertz CT molecular complexity index is 1290. The molecule has 0 unspecified atom stereocenters. The minimum atomic E-state index is -0.233. The number of Topliss-reactive ketones (excluding diaryl/α,β-unsaturated/α-hetero) is 1. The maximum absolute atomic E-state index is 12.3. The van der Waals surface area contributed by atoms with Gasteiger partial charge in [-0.25, -0.2) is 0 Å². The third-order valence-corrected chi connectivity index (χ3v) is 9.22. The molecule has 4 rings (SSSR count). The molecule has 0 saturated heterocycles. The Balaban J connectivity index is 0.961. The lowest BCUT2D eigenvalue weighted by molar-refractivity contribution is -0.116. The van der Waals surface area contributed by atoms with Crippen molar-refractivity contribution in [3.05, 3.63) is 84.9 Å². The molecule has 0 aliphatic rings. The third-order valence-electron chi connectivity index (χ3n) is 7.03. The summed E-state index contributed by atoms with van der Waals surface area (Å²) in [6, 6.07) is 29.7. The van der Waals surface area contributed by atoms with E-state index in [1.165, 1.54) is 63.4 Å². The fourth-order valence-electron chi connectivity index (χ4n) is 4.79. The Kier molecular flexibility index (Phi) is 12.1. The van der Waals surface area contributed by atoms with Gasteiger partial charge >= 0.3 is 0 Å². The summed E-state index contributed by atoms with van der Waals surface area (Å²) in [4.78, 5) is 14.7. The summed E-state index contributed by atoms with van der Waals surface area (Å²) in [6.45, 7) is 0. The molecule has 0 spiro atoms. The molecule has 0 bridgehead atoms. The van der Waals surface area contributed by atoms with Gasteiger partial charge in [-0.3, -0.25) is 4.79 Å². The summed E-state index contributed by atoms with van der Waals surface area (Å²) >= 11 is 3.41. The maximum atomic E-state index is 12.3. The van der Waals surface area contributed by atoms with E-state index in [0.717, 1.165) is 31.4 Å². The van der Waals surface area contributed by atoms with Crippen molar-refractivity contribution < 1.29 is 9.90 Å². The van der Waals surface area contributed by atoms with E-state index in [-0.39, 0.29) is 6.10 Å². The van der Waals surface area contributed by atoms with E-state index in [1.807, 2.05) is 0 Å². The first-order chi connectivity index (χ1) is 18.7. The van der Waals surface area contributed by atoms with Crippen molar-refractivity contribution in [2.24, 2.45) is 0 Å². The van der Waals surface area contributed by atoms with Gasteiger partial charge in [0.2, 0.25) is 0 Å². The van der Waals surface area contributed by atoms with E-state index in [9.17, 15) is 9.90 Å². The highest BCUT2D eigenvalue weighted by Crippen LogP contribution is 2.26. The molecular formula is C34H40O2S2. The summed E-state index contributed by atoms with van der Waals surface area (Å²) in [5.74, 6) is 1.70. The molecule has 38 heavy (non-hydrogen) atoms. The largest absolute Gasteiger partial charge is 0.392 e. The van der Waals surface area contributed by atoms with Crippen LogP contribution in [0.25, 0.3) is 21.5 Å². The SMILES string of the molecule is O=C(CCCCCCCCCC[C@@H](O)CSc1ccc2ccccc2c1)CSc1ccc2ccccc2c1. The van der Waals surface area contributed by atoms with E-state index >= 15 is 0 Å². The van der Waals surface area contributed by atoms with Gasteiger partial charge in [0.15, 0.2) is 0 Å². The molecule has 0 fully saturated rings. The second kappa shape index (κ2) is 16.0. The number of benzene rings is 4. The number of fused-ring (bicyclic) bond motifs is 2. The zero-order chi connectivity index (χ0) is 26.4. The average molecular weight is 545 g/mol. The molecule has 0 radical (unpaired) electrons. The Morgan fingerprint density at radius 1 is 0.605 bits per heavy atom. The van der Waals surface area contributed by atoms with Gasteiger partial charge in [0.1, 0.15) is 5.78 Å². The van der Waals surface area contributed by atoms with Gasteiger partial charge in [0.05, 0.1) is 11.9 Å². The molecule has 4 aromatic carbocycles. The topological polar surface area (TPSA) is 37.3 Å². The second-order valence-corrected chi connectivity index (χ2v) is 12.3. The van der Waals surface area contributed by atoms with Crippen molar-refractivity contribution >= 4 is 50.9 Å². The van der Waals surface area contributed by atoms with E-state index in [4.69, 9.17) is 0 Å². The van der Waals surface area contributed by atoms with Crippen molar-refractivity contribution in [2.45, 2.75) is 80.1 Å². The summed E-state index contributed by atoms with van der Waals surface area (Å²) in [5.41, 5.74) is 0.